The molecule has 1 aromatic heterocycles. The SMILES string of the molecule is c1ccc(-c2ccc(-c3cc(-c4ccccc4-c4ccccc4)nc(-c4ccc(-c5cccc6c5-c5ccccc5CO6)cc4)n3)cc2)cc1. The molecule has 0 N–H and O–H groups in total. The standard InChI is InChI=1S/C47H32N2O/c1-3-12-32(13-4-1)33-22-26-36(27-23-33)43-30-44(42-19-10-9-17-39(42)34-14-5-2-6-15-34)49-47(48-43)37-28-24-35(25-29-37)40-20-11-21-45-46(40)41-18-8-7-16-38(41)31-50-45/h1-30H,31H2. The van der Waals surface area contributed by atoms with E-state index in [1.807, 2.05) is 12.1 Å². The van der Waals surface area contributed by atoms with Gasteiger partial charge in [-0.3, -0.25) is 0 Å². The summed E-state index contributed by atoms with van der Waals surface area (Å²) in [6.45, 7) is 0.587. The molecule has 236 valence electrons. The van der Waals surface area contributed by atoms with E-state index in [0.29, 0.717) is 12.4 Å². The van der Waals surface area contributed by atoms with Crippen molar-refractivity contribution in [1.82, 2.24) is 9.97 Å². The van der Waals surface area contributed by atoms with Crippen molar-refractivity contribution < 1.29 is 4.74 Å². The lowest BCUT2D eigenvalue weighted by atomic mass is 9.89. The van der Waals surface area contributed by atoms with Crippen molar-refractivity contribution in [2.24, 2.45) is 0 Å². The van der Waals surface area contributed by atoms with Crippen LogP contribution in [0.4, 0.5) is 0 Å². The van der Waals surface area contributed by atoms with Crippen LogP contribution >= 0.6 is 0 Å². The third kappa shape index (κ3) is 5.55. The summed E-state index contributed by atoms with van der Waals surface area (Å²) in [6, 6.07) is 63.6. The zero-order valence-corrected chi connectivity index (χ0v) is 27.3. The topological polar surface area (TPSA) is 35.0 Å². The van der Waals surface area contributed by atoms with Crippen LogP contribution in [0.2, 0.25) is 0 Å². The molecule has 3 nitrogen and oxygen atoms in total. The van der Waals surface area contributed by atoms with Gasteiger partial charge in [0.05, 0.1) is 11.4 Å². The fraction of sp³-hybridized carbons (Fsp3) is 0.0213. The molecule has 0 aliphatic carbocycles. The molecule has 2 heterocycles. The maximum absolute atomic E-state index is 6.17. The fourth-order valence-corrected chi connectivity index (χ4v) is 6.92. The van der Waals surface area contributed by atoms with Crippen LogP contribution in [0.25, 0.3) is 78.4 Å². The molecule has 0 bridgehead atoms. The molecule has 0 saturated heterocycles. The van der Waals surface area contributed by atoms with Crippen LogP contribution in [0.1, 0.15) is 5.56 Å². The number of nitrogens with zero attached hydrogens (tertiary/aromatic N) is 2. The molecule has 3 heteroatoms. The Balaban J connectivity index is 1.15. The van der Waals surface area contributed by atoms with Gasteiger partial charge in [0.15, 0.2) is 5.82 Å². The van der Waals surface area contributed by atoms with Crippen LogP contribution in [-0.4, -0.2) is 9.97 Å². The summed E-state index contributed by atoms with van der Waals surface area (Å²) < 4.78 is 6.17. The van der Waals surface area contributed by atoms with E-state index in [4.69, 9.17) is 14.7 Å². The maximum Gasteiger partial charge on any atom is 0.160 e. The van der Waals surface area contributed by atoms with Crippen LogP contribution in [0.5, 0.6) is 5.75 Å². The summed E-state index contributed by atoms with van der Waals surface area (Å²) in [7, 11) is 0. The molecule has 0 radical (unpaired) electrons. The first-order valence-corrected chi connectivity index (χ1v) is 16.9. The molecule has 9 rings (SSSR count). The van der Waals surface area contributed by atoms with Gasteiger partial charge in [-0.15, -0.1) is 0 Å². The molecule has 0 fully saturated rings. The van der Waals surface area contributed by atoms with E-state index < -0.39 is 0 Å². The monoisotopic (exact) mass is 640 g/mol. The van der Waals surface area contributed by atoms with Gasteiger partial charge in [-0.1, -0.05) is 170 Å². The smallest absolute Gasteiger partial charge is 0.160 e. The number of rotatable bonds is 6. The number of fused-ring (bicyclic) bond motifs is 3. The van der Waals surface area contributed by atoms with Crippen molar-refractivity contribution in [3.05, 3.63) is 188 Å². The normalized spacial score (nSPS) is 11.7. The van der Waals surface area contributed by atoms with E-state index in [1.54, 1.807) is 0 Å². The van der Waals surface area contributed by atoms with Gasteiger partial charge in [0.2, 0.25) is 0 Å². The average molecular weight is 641 g/mol. The molecule has 0 spiro atoms. The van der Waals surface area contributed by atoms with Crippen LogP contribution in [-0.2, 0) is 6.61 Å². The van der Waals surface area contributed by atoms with Crippen LogP contribution in [0.3, 0.4) is 0 Å². The minimum Gasteiger partial charge on any atom is -0.488 e. The lowest BCUT2D eigenvalue weighted by Crippen LogP contribution is -2.06. The maximum atomic E-state index is 6.17. The van der Waals surface area contributed by atoms with Crippen LogP contribution in [0, 0.1) is 0 Å². The highest BCUT2D eigenvalue weighted by atomic mass is 16.5. The van der Waals surface area contributed by atoms with E-state index in [-0.39, 0.29) is 0 Å². The molecule has 0 amide bonds. The van der Waals surface area contributed by atoms with Gasteiger partial charge in [0.1, 0.15) is 12.4 Å². The first kappa shape index (κ1) is 29.6. The Labute approximate surface area is 292 Å². The molecule has 1 aliphatic heterocycles. The van der Waals surface area contributed by atoms with Crippen molar-refractivity contribution in [2.45, 2.75) is 6.61 Å². The van der Waals surface area contributed by atoms with E-state index in [1.165, 1.54) is 22.3 Å². The van der Waals surface area contributed by atoms with Gasteiger partial charge < -0.3 is 4.74 Å². The molecule has 1 aliphatic rings. The van der Waals surface area contributed by atoms with E-state index >= 15 is 0 Å². The molecular weight excluding hydrogens is 609 g/mol. The van der Waals surface area contributed by atoms with Crippen LogP contribution in [0.15, 0.2) is 182 Å². The second-order valence-electron chi connectivity index (χ2n) is 12.5. The zero-order valence-electron chi connectivity index (χ0n) is 27.3. The minimum atomic E-state index is 0.587. The molecule has 0 saturated carbocycles. The van der Waals surface area contributed by atoms with Crippen molar-refractivity contribution in [2.75, 3.05) is 0 Å². The number of hydrogen-bond donors (Lipinski definition) is 0. The summed E-state index contributed by atoms with van der Waals surface area (Å²) in [5.41, 5.74) is 15.3. The Kier molecular flexibility index (Phi) is 7.56. The van der Waals surface area contributed by atoms with E-state index in [0.717, 1.165) is 61.6 Å². The summed E-state index contributed by atoms with van der Waals surface area (Å²) in [4.78, 5) is 10.4. The lowest BCUT2D eigenvalue weighted by molar-refractivity contribution is 0.302. The largest absolute Gasteiger partial charge is 0.488 e. The van der Waals surface area contributed by atoms with Gasteiger partial charge in [0.25, 0.3) is 0 Å². The Morgan fingerprint density at radius 3 is 1.64 bits per heavy atom. The summed E-state index contributed by atoms with van der Waals surface area (Å²) in [5.74, 6) is 1.60. The summed E-state index contributed by atoms with van der Waals surface area (Å²) in [5, 5.41) is 0. The van der Waals surface area contributed by atoms with Crippen molar-refractivity contribution >= 4 is 0 Å². The molecular formula is C47H32N2O. The highest BCUT2D eigenvalue weighted by Crippen LogP contribution is 2.44. The quantitative estimate of drug-likeness (QED) is 0.181. The van der Waals surface area contributed by atoms with E-state index in [2.05, 4.69) is 170 Å². The van der Waals surface area contributed by atoms with Gasteiger partial charge in [-0.2, -0.15) is 0 Å². The summed E-state index contributed by atoms with van der Waals surface area (Å²) in [6.07, 6.45) is 0. The zero-order chi connectivity index (χ0) is 33.3. The average Bonchev–Trinajstić information content (AvgIpc) is 3.21. The van der Waals surface area contributed by atoms with Gasteiger partial charge in [-0.05, 0) is 56.6 Å². The Morgan fingerprint density at radius 2 is 0.880 bits per heavy atom. The van der Waals surface area contributed by atoms with E-state index in [9.17, 15) is 0 Å². The molecule has 50 heavy (non-hydrogen) atoms. The van der Waals surface area contributed by atoms with Gasteiger partial charge in [-0.25, -0.2) is 9.97 Å². The van der Waals surface area contributed by atoms with Crippen molar-refractivity contribution in [3.8, 4) is 84.2 Å². The molecule has 7 aromatic carbocycles. The highest BCUT2D eigenvalue weighted by molar-refractivity contribution is 5.90. The number of ether oxygens (including phenoxy) is 1. The highest BCUT2D eigenvalue weighted by Gasteiger charge is 2.21. The number of hydrogen-bond acceptors (Lipinski definition) is 3. The lowest BCUT2D eigenvalue weighted by Gasteiger charge is -2.23. The van der Waals surface area contributed by atoms with Crippen molar-refractivity contribution in [3.63, 3.8) is 0 Å². The fourth-order valence-electron chi connectivity index (χ4n) is 6.92. The Morgan fingerprint density at radius 1 is 0.360 bits per heavy atom. The molecule has 0 atom stereocenters. The minimum absolute atomic E-state index is 0.587. The second-order valence-corrected chi connectivity index (χ2v) is 12.5. The molecule has 8 aromatic rings. The van der Waals surface area contributed by atoms with Crippen molar-refractivity contribution in [1.29, 1.82) is 0 Å². The first-order valence-electron chi connectivity index (χ1n) is 16.9. The first-order chi connectivity index (χ1) is 24.8. The Bertz CT molecular complexity index is 2450. The third-order valence-corrected chi connectivity index (χ3v) is 9.45. The third-order valence-electron chi connectivity index (χ3n) is 9.45. The van der Waals surface area contributed by atoms with Gasteiger partial charge in [0, 0.05) is 22.3 Å². The number of aromatic nitrogens is 2. The number of benzene rings is 7. The van der Waals surface area contributed by atoms with Gasteiger partial charge >= 0.3 is 0 Å². The summed E-state index contributed by atoms with van der Waals surface area (Å²) >= 11 is 0. The predicted molar refractivity (Wildman–Crippen MR) is 204 cm³/mol. The molecule has 0 unspecified atom stereocenters. The predicted octanol–water partition coefficient (Wildman–Crippen LogP) is 12.0. The van der Waals surface area contributed by atoms with Crippen LogP contribution < -0.4 is 4.74 Å². The Hall–Kier alpha value is -6.58. The second kappa shape index (κ2) is 12.8.